The fourth-order valence-corrected chi connectivity index (χ4v) is 2.86. The summed E-state index contributed by atoms with van der Waals surface area (Å²) in [6, 6.07) is 13.2. The quantitative estimate of drug-likeness (QED) is 0.702. The number of anilines is 1. The molecule has 6 heteroatoms. The first-order valence-electron chi connectivity index (χ1n) is 6.75. The van der Waals surface area contributed by atoms with Gasteiger partial charge in [-0.1, -0.05) is 41.6 Å². The molecule has 0 aliphatic rings. The van der Waals surface area contributed by atoms with Gasteiger partial charge < -0.3 is 10.3 Å². The van der Waals surface area contributed by atoms with Crippen LogP contribution in [0.2, 0.25) is 5.02 Å². The SMILES string of the molecule is Cc1ccc(NC(=O)CSc2nc3ccccc3[nH]2)cc1Cl. The van der Waals surface area contributed by atoms with E-state index in [1.165, 1.54) is 11.8 Å². The van der Waals surface area contributed by atoms with Crippen molar-refractivity contribution in [2.24, 2.45) is 0 Å². The fraction of sp³-hybridized carbons (Fsp3) is 0.125. The van der Waals surface area contributed by atoms with E-state index in [1.54, 1.807) is 6.07 Å². The van der Waals surface area contributed by atoms with Gasteiger partial charge in [0.05, 0.1) is 16.8 Å². The molecule has 0 spiro atoms. The second-order valence-corrected chi connectivity index (χ2v) is 6.23. The van der Waals surface area contributed by atoms with Crippen LogP contribution in [0.15, 0.2) is 47.6 Å². The molecule has 3 aromatic rings. The van der Waals surface area contributed by atoms with Crippen molar-refractivity contribution >= 4 is 46.0 Å². The number of aryl methyl sites for hydroxylation is 1. The minimum absolute atomic E-state index is 0.0922. The number of nitrogens with one attached hydrogen (secondary N) is 2. The lowest BCUT2D eigenvalue weighted by Gasteiger charge is -2.06. The minimum atomic E-state index is -0.0922. The van der Waals surface area contributed by atoms with Crippen molar-refractivity contribution in [2.45, 2.75) is 12.1 Å². The number of fused-ring (bicyclic) bond motifs is 1. The molecule has 3 rings (SSSR count). The first-order valence-corrected chi connectivity index (χ1v) is 8.12. The lowest BCUT2D eigenvalue weighted by atomic mass is 10.2. The van der Waals surface area contributed by atoms with Gasteiger partial charge in [0.1, 0.15) is 0 Å². The Hall–Kier alpha value is -1.98. The zero-order valence-electron chi connectivity index (χ0n) is 11.9. The van der Waals surface area contributed by atoms with Crippen LogP contribution in [-0.4, -0.2) is 21.6 Å². The molecule has 0 aliphatic carbocycles. The third-order valence-corrected chi connectivity index (χ3v) is 4.44. The molecule has 2 aromatic carbocycles. The number of thioether (sulfide) groups is 1. The largest absolute Gasteiger partial charge is 0.333 e. The maximum atomic E-state index is 12.0. The summed E-state index contributed by atoms with van der Waals surface area (Å²) in [6.45, 7) is 1.92. The van der Waals surface area contributed by atoms with Crippen LogP contribution in [0.25, 0.3) is 11.0 Å². The number of benzene rings is 2. The first kappa shape index (κ1) is 14.9. The Morgan fingerprint density at radius 1 is 1.32 bits per heavy atom. The third kappa shape index (κ3) is 3.43. The molecule has 0 saturated carbocycles. The van der Waals surface area contributed by atoms with E-state index < -0.39 is 0 Å². The number of aromatic amines is 1. The van der Waals surface area contributed by atoms with Crippen molar-refractivity contribution in [3.63, 3.8) is 0 Å². The number of aromatic nitrogens is 2. The summed E-state index contributed by atoms with van der Waals surface area (Å²) in [4.78, 5) is 19.6. The van der Waals surface area contributed by atoms with E-state index in [4.69, 9.17) is 11.6 Å². The molecule has 0 saturated heterocycles. The summed E-state index contributed by atoms with van der Waals surface area (Å²) in [5, 5.41) is 4.20. The molecule has 0 radical (unpaired) electrons. The monoisotopic (exact) mass is 331 g/mol. The number of para-hydroxylation sites is 2. The topological polar surface area (TPSA) is 57.8 Å². The summed E-state index contributed by atoms with van der Waals surface area (Å²) >= 11 is 7.41. The van der Waals surface area contributed by atoms with Gasteiger partial charge >= 0.3 is 0 Å². The Balaban J connectivity index is 1.60. The molecular weight excluding hydrogens is 318 g/mol. The van der Waals surface area contributed by atoms with Gasteiger partial charge in [-0.05, 0) is 36.8 Å². The van der Waals surface area contributed by atoms with Gasteiger partial charge in [-0.2, -0.15) is 0 Å². The Kier molecular flexibility index (Phi) is 4.36. The van der Waals surface area contributed by atoms with E-state index in [2.05, 4.69) is 15.3 Å². The van der Waals surface area contributed by atoms with Crippen LogP contribution in [0.1, 0.15) is 5.56 Å². The standard InChI is InChI=1S/C16H14ClN3OS/c1-10-6-7-11(8-12(10)17)18-15(21)9-22-16-19-13-4-2-3-5-14(13)20-16/h2-8H,9H2,1H3,(H,18,21)(H,19,20). The summed E-state index contributed by atoms with van der Waals surface area (Å²) in [6.07, 6.45) is 0. The number of carbonyl (C=O) groups is 1. The van der Waals surface area contributed by atoms with E-state index in [-0.39, 0.29) is 11.7 Å². The number of carbonyl (C=O) groups excluding carboxylic acids is 1. The number of halogens is 1. The Labute approximate surface area is 137 Å². The molecule has 0 atom stereocenters. The predicted octanol–water partition coefficient (Wildman–Crippen LogP) is 4.26. The van der Waals surface area contributed by atoms with Crippen molar-refractivity contribution < 1.29 is 4.79 Å². The van der Waals surface area contributed by atoms with E-state index in [9.17, 15) is 4.79 Å². The lowest BCUT2D eigenvalue weighted by Crippen LogP contribution is -2.14. The summed E-state index contributed by atoms with van der Waals surface area (Å²) in [7, 11) is 0. The molecule has 1 aromatic heterocycles. The molecule has 0 fully saturated rings. The summed E-state index contributed by atoms with van der Waals surface area (Å²) in [5.41, 5.74) is 3.55. The molecule has 4 nitrogen and oxygen atoms in total. The van der Waals surface area contributed by atoms with Crippen LogP contribution in [-0.2, 0) is 4.79 Å². The maximum absolute atomic E-state index is 12.0. The van der Waals surface area contributed by atoms with Gasteiger partial charge in [0.2, 0.25) is 5.91 Å². The zero-order valence-corrected chi connectivity index (χ0v) is 13.5. The predicted molar refractivity (Wildman–Crippen MR) is 91.6 cm³/mol. The second kappa shape index (κ2) is 6.42. The van der Waals surface area contributed by atoms with Crippen molar-refractivity contribution in [1.29, 1.82) is 0 Å². The van der Waals surface area contributed by atoms with Crippen molar-refractivity contribution in [1.82, 2.24) is 9.97 Å². The van der Waals surface area contributed by atoms with Crippen LogP contribution in [0.3, 0.4) is 0 Å². The molecule has 1 heterocycles. The van der Waals surface area contributed by atoms with E-state index in [1.807, 2.05) is 43.3 Å². The minimum Gasteiger partial charge on any atom is -0.333 e. The fourth-order valence-electron chi connectivity index (χ4n) is 2.00. The van der Waals surface area contributed by atoms with Crippen LogP contribution in [0.5, 0.6) is 0 Å². The van der Waals surface area contributed by atoms with Crippen LogP contribution < -0.4 is 5.32 Å². The molecule has 2 N–H and O–H groups in total. The van der Waals surface area contributed by atoms with Gasteiger partial charge in [0.25, 0.3) is 0 Å². The molecular formula is C16H14ClN3OS. The number of rotatable bonds is 4. The van der Waals surface area contributed by atoms with Gasteiger partial charge in [-0.15, -0.1) is 0 Å². The Morgan fingerprint density at radius 3 is 2.91 bits per heavy atom. The van der Waals surface area contributed by atoms with Crippen LogP contribution >= 0.6 is 23.4 Å². The van der Waals surface area contributed by atoms with E-state index in [0.717, 1.165) is 21.8 Å². The third-order valence-electron chi connectivity index (χ3n) is 3.16. The number of H-pyrrole nitrogens is 1. The number of amides is 1. The average molecular weight is 332 g/mol. The van der Waals surface area contributed by atoms with Crippen LogP contribution in [0, 0.1) is 6.92 Å². The highest BCUT2D eigenvalue weighted by molar-refractivity contribution is 7.99. The molecule has 0 aliphatic heterocycles. The van der Waals surface area contributed by atoms with Gasteiger partial charge in [0, 0.05) is 10.7 Å². The lowest BCUT2D eigenvalue weighted by molar-refractivity contribution is -0.113. The van der Waals surface area contributed by atoms with Crippen molar-refractivity contribution in [2.75, 3.05) is 11.1 Å². The summed E-state index contributed by atoms with van der Waals surface area (Å²) < 4.78 is 0. The smallest absolute Gasteiger partial charge is 0.234 e. The zero-order chi connectivity index (χ0) is 15.5. The molecule has 0 unspecified atom stereocenters. The van der Waals surface area contributed by atoms with E-state index >= 15 is 0 Å². The van der Waals surface area contributed by atoms with Gasteiger partial charge in [-0.3, -0.25) is 4.79 Å². The second-order valence-electron chi connectivity index (χ2n) is 4.86. The summed E-state index contributed by atoms with van der Waals surface area (Å²) in [5.74, 6) is 0.191. The van der Waals surface area contributed by atoms with Gasteiger partial charge in [0.15, 0.2) is 5.16 Å². The van der Waals surface area contributed by atoms with Crippen molar-refractivity contribution in [3.8, 4) is 0 Å². The molecule has 112 valence electrons. The van der Waals surface area contributed by atoms with Gasteiger partial charge in [-0.25, -0.2) is 4.98 Å². The van der Waals surface area contributed by atoms with E-state index in [0.29, 0.717) is 10.7 Å². The highest BCUT2D eigenvalue weighted by Gasteiger charge is 2.08. The maximum Gasteiger partial charge on any atom is 0.234 e. The number of nitrogens with zero attached hydrogens (tertiary/aromatic N) is 1. The highest BCUT2D eigenvalue weighted by atomic mass is 35.5. The highest BCUT2D eigenvalue weighted by Crippen LogP contribution is 2.21. The number of imidazole rings is 1. The van der Waals surface area contributed by atoms with Crippen LogP contribution in [0.4, 0.5) is 5.69 Å². The number of hydrogen-bond donors (Lipinski definition) is 2. The molecule has 1 amide bonds. The normalized spacial score (nSPS) is 10.8. The number of hydrogen-bond acceptors (Lipinski definition) is 3. The molecule has 22 heavy (non-hydrogen) atoms. The first-order chi connectivity index (χ1) is 10.6. The molecule has 0 bridgehead atoms. The average Bonchev–Trinajstić information content (AvgIpc) is 2.92. The van der Waals surface area contributed by atoms with Crippen molar-refractivity contribution in [3.05, 3.63) is 53.1 Å². The Morgan fingerprint density at radius 2 is 2.14 bits per heavy atom. The Bertz CT molecular complexity index is 798.